The molecule has 0 saturated heterocycles. The molecule has 1 aromatic heterocycles. The minimum atomic E-state index is -0.454. The van der Waals surface area contributed by atoms with Crippen molar-refractivity contribution in [3.63, 3.8) is 0 Å². The van der Waals surface area contributed by atoms with Crippen molar-refractivity contribution < 1.29 is 9.21 Å². The van der Waals surface area contributed by atoms with E-state index in [1.807, 2.05) is 31.1 Å². The molecule has 7 heteroatoms. The van der Waals surface area contributed by atoms with Crippen molar-refractivity contribution in [2.75, 3.05) is 25.5 Å². The van der Waals surface area contributed by atoms with Crippen LogP contribution in [-0.2, 0) is 11.2 Å². The molecule has 1 heterocycles. The molecule has 0 aliphatic rings. The van der Waals surface area contributed by atoms with Crippen LogP contribution in [0.15, 0.2) is 38.6 Å². The fourth-order valence-corrected chi connectivity index (χ4v) is 2.49. The molecule has 0 bridgehead atoms. The Morgan fingerprint density at radius 2 is 2.08 bits per heavy atom. The number of carbonyl (C=O) groups is 1. The van der Waals surface area contributed by atoms with Gasteiger partial charge in [0.2, 0.25) is 0 Å². The van der Waals surface area contributed by atoms with Gasteiger partial charge < -0.3 is 9.32 Å². The van der Waals surface area contributed by atoms with Crippen LogP contribution >= 0.6 is 0 Å². The molecule has 0 spiro atoms. The highest BCUT2D eigenvalue weighted by Gasteiger charge is 2.11. The van der Waals surface area contributed by atoms with Gasteiger partial charge in [0.05, 0.1) is 0 Å². The summed E-state index contributed by atoms with van der Waals surface area (Å²) in [4.78, 5) is 28.5. The largest absolute Gasteiger partial charge is 0.423 e. The second kappa shape index (κ2) is 8.17. The van der Waals surface area contributed by atoms with Crippen molar-refractivity contribution in [2.24, 2.45) is 5.11 Å². The molecule has 1 aromatic carbocycles. The SMILES string of the molecule is CN(C)c1ccc2c(CC(=O)CCCCN=[N+]=[N-])cc(=O)oc2c1. The molecule has 2 aromatic rings. The molecular weight excluding hydrogens is 308 g/mol. The van der Waals surface area contributed by atoms with Crippen molar-refractivity contribution >= 4 is 22.4 Å². The van der Waals surface area contributed by atoms with Crippen LogP contribution in [0.4, 0.5) is 5.69 Å². The van der Waals surface area contributed by atoms with Crippen LogP contribution < -0.4 is 10.5 Å². The maximum atomic E-state index is 12.1. The smallest absolute Gasteiger partial charge is 0.336 e. The molecule has 0 unspecified atom stereocenters. The van der Waals surface area contributed by atoms with Crippen molar-refractivity contribution in [1.29, 1.82) is 0 Å². The molecule has 0 radical (unpaired) electrons. The molecule has 0 fully saturated rings. The topological polar surface area (TPSA) is 99.3 Å². The lowest BCUT2D eigenvalue weighted by Crippen LogP contribution is -2.10. The number of Topliss-reactive ketones (excluding diaryl/α,β-unsaturated/α-hetero) is 1. The third-order valence-electron chi connectivity index (χ3n) is 3.74. The van der Waals surface area contributed by atoms with Crippen molar-refractivity contribution in [1.82, 2.24) is 0 Å². The number of azide groups is 1. The summed E-state index contributed by atoms with van der Waals surface area (Å²) in [6, 6.07) is 6.98. The third-order valence-corrected chi connectivity index (χ3v) is 3.74. The van der Waals surface area contributed by atoms with Crippen molar-refractivity contribution in [2.45, 2.75) is 25.7 Å². The van der Waals surface area contributed by atoms with E-state index in [-0.39, 0.29) is 12.2 Å². The van der Waals surface area contributed by atoms with Gasteiger partial charge in [-0.1, -0.05) is 5.11 Å². The van der Waals surface area contributed by atoms with Crippen LogP contribution in [0, 0.1) is 0 Å². The summed E-state index contributed by atoms with van der Waals surface area (Å²) in [6.45, 7) is 0.398. The highest BCUT2D eigenvalue weighted by molar-refractivity contribution is 5.89. The Labute approximate surface area is 139 Å². The van der Waals surface area contributed by atoms with Crippen molar-refractivity contribution in [3.8, 4) is 0 Å². The summed E-state index contributed by atoms with van der Waals surface area (Å²) in [6.07, 6.45) is 1.95. The second-order valence-electron chi connectivity index (χ2n) is 5.79. The van der Waals surface area contributed by atoms with Crippen molar-refractivity contribution in [3.05, 3.63) is 50.7 Å². The van der Waals surface area contributed by atoms with Gasteiger partial charge in [-0.2, -0.15) is 0 Å². The summed E-state index contributed by atoms with van der Waals surface area (Å²) < 4.78 is 5.26. The molecule has 0 N–H and O–H groups in total. The summed E-state index contributed by atoms with van der Waals surface area (Å²) in [5.41, 5.74) is 9.84. The maximum absolute atomic E-state index is 12.1. The van der Waals surface area contributed by atoms with Crippen LogP contribution in [0.1, 0.15) is 24.8 Å². The molecule has 24 heavy (non-hydrogen) atoms. The Hall–Kier alpha value is -2.79. The Balaban J connectivity index is 2.14. The summed E-state index contributed by atoms with van der Waals surface area (Å²) in [5, 5.41) is 4.22. The first-order valence-electron chi connectivity index (χ1n) is 7.78. The lowest BCUT2D eigenvalue weighted by molar-refractivity contribution is -0.118. The number of nitrogens with zero attached hydrogens (tertiary/aromatic N) is 4. The Morgan fingerprint density at radius 1 is 1.29 bits per heavy atom. The number of ketones is 1. The van der Waals surface area contributed by atoms with Gasteiger partial charge in [-0.15, -0.1) is 0 Å². The quantitative estimate of drug-likeness (QED) is 0.243. The zero-order chi connectivity index (χ0) is 17.5. The number of carbonyl (C=O) groups excluding carboxylic acids is 1. The van der Waals surface area contributed by atoms with Gasteiger partial charge in [0.15, 0.2) is 0 Å². The number of hydrogen-bond donors (Lipinski definition) is 0. The number of fused-ring (bicyclic) bond motifs is 1. The molecular formula is C17H20N4O3. The van der Waals surface area contributed by atoms with Crippen LogP contribution in [0.25, 0.3) is 21.4 Å². The number of anilines is 1. The summed E-state index contributed by atoms with van der Waals surface area (Å²) in [7, 11) is 3.81. The van der Waals surface area contributed by atoms with Gasteiger partial charge in [0, 0.05) is 61.6 Å². The van der Waals surface area contributed by atoms with Crippen LogP contribution in [0.2, 0.25) is 0 Å². The van der Waals surface area contributed by atoms with E-state index in [2.05, 4.69) is 10.0 Å². The number of benzene rings is 1. The average molecular weight is 328 g/mol. The molecule has 0 amide bonds. The minimum Gasteiger partial charge on any atom is -0.423 e. The first kappa shape index (κ1) is 17.6. The Bertz CT molecular complexity index is 835. The fraction of sp³-hybridized carbons (Fsp3) is 0.412. The van der Waals surface area contributed by atoms with E-state index < -0.39 is 5.63 Å². The summed E-state index contributed by atoms with van der Waals surface area (Å²) >= 11 is 0. The maximum Gasteiger partial charge on any atom is 0.336 e. The Kier molecular flexibility index (Phi) is 5.98. The van der Waals surface area contributed by atoms with Gasteiger partial charge >= 0.3 is 5.63 Å². The van der Waals surface area contributed by atoms with E-state index in [9.17, 15) is 9.59 Å². The molecule has 7 nitrogen and oxygen atoms in total. The number of rotatable bonds is 8. The average Bonchev–Trinajstić information content (AvgIpc) is 2.53. The van der Waals surface area contributed by atoms with Gasteiger partial charge in [-0.3, -0.25) is 4.79 Å². The number of unbranched alkanes of at least 4 members (excludes halogenated alkanes) is 1. The van der Waals surface area contributed by atoms with E-state index in [1.54, 1.807) is 6.07 Å². The predicted octanol–water partition coefficient (Wildman–Crippen LogP) is 3.45. The summed E-state index contributed by atoms with van der Waals surface area (Å²) in [5.74, 6) is 0.0551. The normalized spacial score (nSPS) is 10.4. The zero-order valence-electron chi connectivity index (χ0n) is 13.9. The van der Waals surface area contributed by atoms with Gasteiger partial charge in [0.1, 0.15) is 11.4 Å². The molecule has 0 atom stereocenters. The van der Waals surface area contributed by atoms with E-state index in [1.165, 1.54) is 6.07 Å². The van der Waals surface area contributed by atoms with Gasteiger partial charge in [-0.05, 0) is 36.1 Å². The van der Waals surface area contributed by atoms with E-state index in [0.29, 0.717) is 37.0 Å². The molecule has 0 aliphatic heterocycles. The Morgan fingerprint density at radius 3 is 2.79 bits per heavy atom. The highest BCUT2D eigenvalue weighted by Crippen LogP contribution is 2.23. The first-order valence-corrected chi connectivity index (χ1v) is 7.78. The van der Waals surface area contributed by atoms with E-state index >= 15 is 0 Å². The predicted molar refractivity (Wildman–Crippen MR) is 93.4 cm³/mol. The third kappa shape index (κ3) is 4.60. The lowest BCUT2D eigenvalue weighted by atomic mass is 10.0. The van der Waals surface area contributed by atoms with Gasteiger partial charge in [0.25, 0.3) is 0 Å². The highest BCUT2D eigenvalue weighted by atomic mass is 16.4. The van der Waals surface area contributed by atoms with Gasteiger partial charge in [-0.25, -0.2) is 4.79 Å². The van der Waals surface area contributed by atoms with Crippen LogP contribution in [-0.4, -0.2) is 26.4 Å². The molecule has 0 aliphatic carbocycles. The van der Waals surface area contributed by atoms with Crippen LogP contribution in [0.3, 0.4) is 0 Å². The molecule has 0 saturated carbocycles. The standard InChI is InChI=1S/C17H20N4O3/c1-21(2)13-6-7-15-12(10-17(23)24-16(15)11-13)9-14(22)5-3-4-8-19-20-18/h6-7,10-11H,3-5,8-9H2,1-2H3. The lowest BCUT2D eigenvalue weighted by Gasteiger charge is -2.13. The second-order valence-corrected chi connectivity index (χ2v) is 5.79. The fourth-order valence-electron chi connectivity index (χ4n) is 2.49. The monoisotopic (exact) mass is 328 g/mol. The number of hydrogen-bond acceptors (Lipinski definition) is 5. The molecule has 126 valence electrons. The molecule has 2 rings (SSSR count). The van der Waals surface area contributed by atoms with Crippen LogP contribution in [0.5, 0.6) is 0 Å². The zero-order valence-corrected chi connectivity index (χ0v) is 13.9. The van der Waals surface area contributed by atoms with E-state index in [0.717, 1.165) is 11.1 Å². The first-order chi connectivity index (χ1) is 11.5. The minimum absolute atomic E-state index is 0.0551. The van der Waals surface area contributed by atoms with E-state index in [4.69, 9.17) is 9.95 Å².